The van der Waals surface area contributed by atoms with Gasteiger partial charge in [0.2, 0.25) is 0 Å². The minimum Gasteiger partial charge on any atom is -0.399 e. The van der Waals surface area contributed by atoms with Crippen LogP contribution in [-0.4, -0.2) is 5.11 Å². The van der Waals surface area contributed by atoms with Gasteiger partial charge in [-0.2, -0.15) is 13.2 Å². The SMILES string of the molecule is Cl.Nc1cc(CO)cc(C(F)(F)F)c1. The summed E-state index contributed by atoms with van der Waals surface area (Å²) in [7, 11) is 0. The van der Waals surface area contributed by atoms with Gasteiger partial charge in [-0.1, -0.05) is 0 Å². The van der Waals surface area contributed by atoms with Crippen LogP contribution in [0.3, 0.4) is 0 Å². The van der Waals surface area contributed by atoms with Crippen molar-refractivity contribution in [2.75, 3.05) is 5.73 Å². The maximum absolute atomic E-state index is 12.1. The molecule has 0 unspecified atom stereocenters. The Morgan fingerprint density at radius 3 is 2.21 bits per heavy atom. The van der Waals surface area contributed by atoms with Crippen LogP contribution in [0.4, 0.5) is 18.9 Å². The summed E-state index contributed by atoms with van der Waals surface area (Å²) >= 11 is 0. The Morgan fingerprint density at radius 1 is 1.21 bits per heavy atom. The van der Waals surface area contributed by atoms with Crippen molar-refractivity contribution in [3.8, 4) is 0 Å². The minimum absolute atomic E-state index is 0. The van der Waals surface area contributed by atoms with Crippen molar-refractivity contribution in [2.24, 2.45) is 0 Å². The molecule has 0 fully saturated rings. The molecule has 0 amide bonds. The number of nitrogens with two attached hydrogens (primary N) is 1. The highest BCUT2D eigenvalue weighted by atomic mass is 35.5. The van der Waals surface area contributed by atoms with E-state index < -0.39 is 18.3 Å². The monoisotopic (exact) mass is 227 g/mol. The fourth-order valence-electron chi connectivity index (χ4n) is 0.973. The molecule has 0 saturated heterocycles. The zero-order chi connectivity index (χ0) is 10.1. The molecule has 0 bridgehead atoms. The molecule has 0 aliphatic rings. The molecule has 2 nitrogen and oxygen atoms in total. The van der Waals surface area contributed by atoms with Crippen molar-refractivity contribution in [1.82, 2.24) is 0 Å². The van der Waals surface area contributed by atoms with E-state index in [1.807, 2.05) is 0 Å². The summed E-state index contributed by atoms with van der Waals surface area (Å²) in [6.07, 6.45) is -4.42. The first kappa shape index (κ1) is 13.1. The van der Waals surface area contributed by atoms with Gasteiger partial charge in [-0.15, -0.1) is 12.4 Å². The molecule has 1 rings (SSSR count). The number of alkyl halides is 3. The second kappa shape index (κ2) is 4.52. The third kappa shape index (κ3) is 3.08. The molecule has 14 heavy (non-hydrogen) atoms. The average molecular weight is 228 g/mol. The van der Waals surface area contributed by atoms with Crippen LogP contribution in [0.2, 0.25) is 0 Å². The summed E-state index contributed by atoms with van der Waals surface area (Å²) in [5.41, 5.74) is 4.54. The van der Waals surface area contributed by atoms with Crippen LogP contribution in [0.1, 0.15) is 11.1 Å². The molecule has 0 heterocycles. The quantitative estimate of drug-likeness (QED) is 0.723. The molecule has 1 aromatic carbocycles. The van der Waals surface area contributed by atoms with Gasteiger partial charge < -0.3 is 10.8 Å². The molecule has 0 aliphatic carbocycles. The smallest absolute Gasteiger partial charge is 0.399 e. The van der Waals surface area contributed by atoms with E-state index in [4.69, 9.17) is 10.8 Å². The number of anilines is 1. The summed E-state index contributed by atoms with van der Waals surface area (Å²) in [4.78, 5) is 0. The van der Waals surface area contributed by atoms with Gasteiger partial charge >= 0.3 is 6.18 Å². The van der Waals surface area contributed by atoms with Gasteiger partial charge in [0.05, 0.1) is 12.2 Å². The van der Waals surface area contributed by atoms with E-state index in [1.165, 1.54) is 6.07 Å². The van der Waals surface area contributed by atoms with Crippen molar-refractivity contribution in [3.05, 3.63) is 29.3 Å². The second-order valence-electron chi connectivity index (χ2n) is 2.62. The number of aliphatic hydroxyl groups is 1. The lowest BCUT2D eigenvalue weighted by atomic mass is 10.1. The van der Waals surface area contributed by atoms with Crippen LogP contribution in [0.5, 0.6) is 0 Å². The third-order valence-electron chi connectivity index (χ3n) is 1.53. The number of aliphatic hydroxyl groups excluding tert-OH is 1. The number of hydrogen-bond donors (Lipinski definition) is 2. The van der Waals surface area contributed by atoms with Crippen molar-refractivity contribution >= 4 is 18.1 Å². The summed E-state index contributed by atoms with van der Waals surface area (Å²) in [5.74, 6) is 0. The maximum Gasteiger partial charge on any atom is 0.416 e. The van der Waals surface area contributed by atoms with E-state index in [2.05, 4.69) is 0 Å². The molecule has 3 N–H and O–H groups in total. The zero-order valence-electron chi connectivity index (χ0n) is 7.01. The van der Waals surface area contributed by atoms with Crippen molar-refractivity contribution in [2.45, 2.75) is 12.8 Å². The van der Waals surface area contributed by atoms with Gasteiger partial charge in [-0.25, -0.2) is 0 Å². The topological polar surface area (TPSA) is 46.2 Å². The fraction of sp³-hybridized carbons (Fsp3) is 0.250. The van der Waals surface area contributed by atoms with Crippen LogP contribution in [0, 0.1) is 0 Å². The van der Waals surface area contributed by atoms with Crippen LogP contribution < -0.4 is 5.73 Å². The van der Waals surface area contributed by atoms with Gasteiger partial charge in [0.1, 0.15) is 0 Å². The Balaban J connectivity index is 0.00000169. The molecule has 6 heteroatoms. The van der Waals surface area contributed by atoms with E-state index in [-0.39, 0.29) is 23.7 Å². The van der Waals surface area contributed by atoms with Gasteiger partial charge in [-0.3, -0.25) is 0 Å². The predicted octanol–water partition coefficient (Wildman–Crippen LogP) is 2.20. The molecule has 0 spiro atoms. The normalized spacial score (nSPS) is 10.9. The fourth-order valence-corrected chi connectivity index (χ4v) is 0.973. The van der Waals surface area contributed by atoms with E-state index in [0.717, 1.165) is 12.1 Å². The molecule has 0 aliphatic heterocycles. The van der Waals surface area contributed by atoms with E-state index >= 15 is 0 Å². The Morgan fingerprint density at radius 2 is 1.79 bits per heavy atom. The summed E-state index contributed by atoms with van der Waals surface area (Å²) in [6.45, 7) is -0.450. The molecule has 0 saturated carbocycles. The van der Waals surface area contributed by atoms with Gasteiger partial charge in [0, 0.05) is 5.69 Å². The van der Waals surface area contributed by atoms with Gasteiger partial charge in [0.15, 0.2) is 0 Å². The number of hydrogen-bond acceptors (Lipinski definition) is 2. The number of halogens is 4. The van der Waals surface area contributed by atoms with Crippen LogP contribution in [0.25, 0.3) is 0 Å². The predicted molar refractivity (Wildman–Crippen MR) is 49.0 cm³/mol. The van der Waals surface area contributed by atoms with Crippen LogP contribution in [0.15, 0.2) is 18.2 Å². The van der Waals surface area contributed by atoms with E-state index in [1.54, 1.807) is 0 Å². The second-order valence-corrected chi connectivity index (χ2v) is 2.62. The maximum atomic E-state index is 12.1. The Labute approximate surface area is 84.9 Å². The van der Waals surface area contributed by atoms with E-state index in [0.29, 0.717) is 0 Å². The van der Waals surface area contributed by atoms with Crippen LogP contribution in [-0.2, 0) is 12.8 Å². The first-order valence-electron chi connectivity index (χ1n) is 3.51. The number of benzene rings is 1. The lowest BCUT2D eigenvalue weighted by molar-refractivity contribution is -0.137. The Bertz CT molecular complexity index is 314. The Hall–Kier alpha value is -0.940. The van der Waals surface area contributed by atoms with Crippen molar-refractivity contribution in [1.29, 1.82) is 0 Å². The Kier molecular flexibility index (Phi) is 4.22. The summed E-state index contributed by atoms with van der Waals surface area (Å²) in [5, 5.41) is 8.63. The lowest BCUT2D eigenvalue weighted by Crippen LogP contribution is -2.06. The first-order valence-corrected chi connectivity index (χ1v) is 3.51. The minimum atomic E-state index is -4.42. The van der Waals surface area contributed by atoms with E-state index in [9.17, 15) is 13.2 Å². The third-order valence-corrected chi connectivity index (χ3v) is 1.53. The van der Waals surface area contributed by atoms with Gasteiger partial charge in [-0.05, 0) is 23.8 Å². The lowest BCUT2D eigenvalue weighted by Gasteiger charge is -2.08. The number of nitrogen functional groups attached to an aromatic ring is 1. The zero-order valence-corrected chi connectivity index (χ0v) is 7.82. The molecule has 0 atom stereocenters. The molecular formula is C8H9ClF3NO. The first-order chi connectivity index (χ1) is 5.93. The average Bonchev–Trinajstić information content (AvgIpc) is 2.01. The highest BCUT2D eigenvalue weighted by Gasteiger charge is 2.30. The summed E-state index contributed by atoms with van der Waals surface area (Å²) < 4.78 is 36.4. The van der Waals surface area contributed by atoms with Crippen LogP contribution >= 0.6 is 12.4 Å². The highest BCUT2D eigenvalue weighted by molar-refractivity contribution is 5.85. The van der Waals surface area contributed by atoms with Gasteiger partial charge in [0.25, 0.3) is 0 Å². The highest BCUT2D eigenvalue weighted by Crippen LogP contribution is 2.31. The molecule has 1 aromatic rings. The number of rotatable bonds is 1. The van der Waals surface area contributed by atoms with Crippen molar-refractivity contribution < 1.29 is 18.3 Å². The molecular weight excluding hydrogens is 219 g/mol. The van der Waals surface area contributed by atoms with Crippen molar-refractivity contribution in [3.63, 3.8) is 0 Å². The molecule has 0 radical (unpaired) electrons. The molecule has 80 valence electrons. The largest absolute Gasteiger partial charge is 0.416 e. The summed E-state index contributed by atoms with van der Waals surface area (Å²) in [6, 6.07) is 3.00. The standard InChI is InChI=1S/C8H8F3NO.ClH/c9-8(10,11)6-1-5(4-13)2-7(12)3-6;/h1-3,13H,4,12H2;1H. The molecule has 0 aromatic heterocycles.